The van der Waals surface area contributed by atoms with Gasteiger partial charge in [0.2, 0.25) is 0 Å². The Labute approximate surface area is 225 Å². The molecule has 0 fully saturated rings. The van der Waals surface area contributed by atoms with Crippen LogP contribution in [0.5, 0.6) is 0 Å². The number of carbonyl (C=O) groups excluding carboxylic acids is 1. The van der Waals surface area contributed by atoms with Crippen molar-refractivity contribution in [1.29, 1.82) is 0 Å². The molecule has 0 saturated heterocycles. The first-order valence-electron chi connectivity index (χ1n) is 13.5. The van der Waals surface area contributed by atoms with E-state index in [1.165, 1.54) is 0 Å². The number of para-hydroxylation sites is 2. The van der Waals surface area contributed by atoms with E-state index in [0.717, 1.165) is 52.9 Å². The van der Waals surface area contributed by atoms with Gasteiger partial charge in [0, 0.05) is 12.2 Å². The van der Waals surface area contributed by atoms with Crippen LogP contribution in [0.1, 0.15) is 67.2 Å². The molecule has 4 rings (SSSR count). The topological polar surface area (TPSA) is 67.2 Å². The van der Waals surface area contributed by atoms with Crippen LogP contribution in [0.15, 0.2) is 65.5 Å². The van der Waals surface area contributed by atoms with Crippen LogP contribution in [-0.2, 0) is 0 Å². The molecule has 1 unspecified atom stereocenters. The molecule has 0 saturated carbocycles. The molecule has 2 amide bonds. The summed E-state index contributed by atoms with van der Waals surface area (Å²) in [4.78, 5) is 34.5. The number of anilines is 1. The zero-order chi connectivity index (χ0) is 27.4. The van der Waals surface area contributed by atoms with Gasteiger partial charge in [0.05, 0.1) is 22.6 Å². The van der Waals surface area contributed by atoms with Crippen molar-refractivity contribution < 1.29 is 4.79 Å². The minimum Gasteiger partial charge on any atom is -0.315 e. The number of aryl methyl sites for hydroxylation is 4. The van der Waals surface area contributed by atoms with Crippen molar-refractivity contribution in [1.82, 2.24) is 14.5 Å². The van der Waals surface area contributed by atoms with E-state index in [4.69, 9.17) is 4.98 Å². The van der Waals surface area contributed by atoms with Crippen LogP contribution in [0.2, 0.25) is 0 Å². The van der Waals surface area contributed by atoms with E-state index in [0.29, 0.717) is 23.3 Å². The minimum absolute atomic E-state index is 0.135. The van der Waals surface area contributed by atoms with Crippen molar-refractivity contribution in [2.45, 2.75) is 66.8 Å². The molecule has 0 aliphatic carbocycles. The first-order valence-corrected chi connectivity index (χ1v) is 13.5. The van der Waals surface area contributed by atoms with Crippen molar-refractivity contribution in [3.8, 4) is 5.69 Å². The van der Waals surface area contributed by atoms with E-state index >= 15 is 0 Å². The van der Waals surface area contributed by atoms with E-state index in [2.05, 4.69) is 19.2 Å². The highest BCUT2D eigenvalue weighted by Gasteiger charge is 2.27. The number of aromatic nitrogens is 2. The van der Waals surface area contributed by atoms with Crippen LogP contribution in [0.25, 0.3) is 16.6 Å². The molecule has 3 aromatic carbocycles. The zero-order valence-electron chi connectivity index (χ0n) is 23.3. The first-order chi connectivity index (χ1) is 18.2. The minimum atomic E-state index is -0.449. The van der Waals surface area contributed by atoms with E-state index in [9.17, 15) is 9.59 Å². The highest BCUT2D eigenvalue weighted by atomic mass is 16.2. The number of nitrogens with one attached hydrogen (secondary N) is 1. The summed E-state index contributed by atoms with van der Waals surface area (Å²) in [5.74, 6) is 0.546. The zero-order valence-corrected chi connectivity index (χ0v) is 23.3. The Morgan fingerprint density at radius 2 is 1.63 bits per heavy atom. The maximum Gasteiger partial charge on any atom is 0.322 e. The van der Waals surface area contributed by atoms with Gasteiger partial charge < -0.3 is 10.2 Å². The van der Waals surface area contributed by atoms with Gasteiger partial charge in [-0.2, -0.15) is 0 Å². The number of fused-ring (bicyclic) bond motifs is 1. The number of hydrogen-bond donors (Lipinski definition) is 1. The second-order valence-electron chi connectivity index (χ2n) is 10.2. The molecule has 38 heavy (non-hydrogen) atoms. The number of rotatable bonds is 8. The van der Waals surface area contributed by atoms with Gasteiger partial charge in [-0.15, -0.1) is 0 Å². The quantitative estimate of drug-likeness (QED) is 0.251. The highest BCUT2D eigenvalue weighted by Crippen LogP contribution is 2.27. The second kappa shape index (κ2) is 11.6. The molecule has 0 spiro atoms. The van der Waals surface area contributed by atoms with Gasteiger partial charge >= 0.3 is 6.03 Å². The summed E-state index contributed by atoms with van der Waals surface area (Å²) in [7, 11) is 0. The summed E-state index contributed by atoms with van der Waals surface area (Å²) in [6.07, 6.45) is 2.92. The van der Waals surface area contributed by atoms with E-state index < -0.39 is 6.04 Å². The van der Waals surface area contributed by atoms with Gasteiger partial charge in [-0.05, 0) is 87.6 Å². The smallest absolute Gasteiger partial charge is 0.315 e. The third kappa shape index (κ3) is 5.49. The third-order valence-corrected chi connectivity index (χ3v) is 7.37. The van der Waals surface area contributed by atoms with Crippen LogP contribution >= 0.6 is 0 Å². The van der Waals surface area contributed by atoms with Gasteiger partial charge in [0.15, 0.2) is 0 Å². The van der Waals surface area contributed by atoms with Crippen LogP contribution in [0.4, 0.5) is 10.5 Å². The van der Waals surface area contributed by atoms with Crippen molar-refractivity contribution in [2.24, 2.45) is 0 Å². The summed E-state index contributed by atoms with van der Waals surface area (Å²) < 4.78 is 1.68. The number of unbranched alkanes of at least 4 members (excludes halogenated alkanes) is 2. The Morgan fingerprint density at radius 1 is 0.921 bits per heavy atom. The fourth-order valence-electron chi connectivity index (χ4n) is 4.88. The standard InChI is InChI=1S/C32H38N4O2/c1-7-8-11-19-35(32(38)34-29-22(3)13-12-14-23(29)4)25(6)30-33-28-16-10-9-15-27(28)31(37)36(30)26-18-17-21(2)24(5)20-26/h9-10,12-18,20,25H,7-8,11,19H2,1-6H3,(H,34,38). The van der Waals surface area contributed by atoms with Crippen molar-refractivity contribution in [3.05, 3.63) is 99.1 Å². The predicted octanol–water partition coefficient (Wildman–Crippen LogP) is 7.40. The maximum atomic E-state index is 13.9. The fourth-order valence-corrected chi connectivity index (χ4v) is 4.88. The Hall–Kier alpha value is -3.93. The molecular formula is C32H38N4O2. The van der Waals surface area contributed by atoms with Crippen molar-refractivity contribution in [2.75, 3.05) is 11.9 Å². The number of hydrogen-bond acceptors (Lipinski definition) is 3. The third-order valence-electron chi connectivity index (χ3n) is 7.37. The summed E-state index contributed by atoms with van der Waals surface area (Å²) >= 11 is 0. The van der Waals surface area contributed by atoms with Crippen LogP contribution in [0.3, 0.4) is 0 Å². The molecule has 0 radical (unpaired) electrons. The Balaban J connectivity index is 1.85. The van der Waals surface area contributed by atoms with Crippen molar-refractivity contribution in [3.63, 3.8) is 0 Å². The first kappa shape index (κ1) is 27.1. The number of urea groups is 1. The lowest BCUT2D eigenvalue weighted by molar-refractivity contribution is 0.187. The lowest BCUT2D eigenvalue weighted by atomic mass is 10.1. The summed E-state index contributed by atoms with van der Waals surface area (Å²) in [6, 6.07) is 18.7. The molecule has 1 heterocycles. The van der Waals surface area contributed by atoms with Crippen LogP contribution in [0, 0.1) is 27.7 Å². The monoisotopic (exact) mass is 510 g/mol. The Kier molecular flexibility index (Phi) is 8.30. The van der Waals surface area contributed by atoms with Crippen LogP contribution < -0.4 is 10.9 Å². The van der Waals surface area contributed by atoms with E-state index in [1.54, 1.807) is 4.57 Å². The molecule has 1 N–H and O–H groups in total. The molecule has 198 valence electrons. The average Bonchev–Trinajstić information content (AvgIpc) is 2.90. The average molecular weight is 511 g/mol. The number of carbonyl (C=O) groups is 1. The largest absolute Gasteiger partial charge is 0.322 e. The number of amides is 2. The van der Waals surface area contributed by atoms with Gasteiger partial charge in [0.25, 0.3) is 5.56 Å². The molecular weight excluding hydrogens is 472 g/mol. The summed E-state index contributed by atoms with van der Waals surface area (Å²) in [6.45, 7) is 12.7. The molecule has 6 heteroatoms. The SMILES string of the molecule is CCCCCN(C(=O)Nc1c(C)cccc1C)C(C)c1nc2ccccc2c(=O)n1-c1ccc(C)c(C)c1. The molecule has 0 aliphatic heterocycles. The lowest BCUT2D eigenvalue weighted by Gasteiger charge is -2.31. The number of nitrogens with zero attached hydrogens (tertiary/aromatic N) is 3. The molecule has 0 aliphatic rings. The van der Waals surface area contributed by atoms with Gasteiger partial charge in [-0.1, -0.05) is 56.2 Å². The van der Waals surface area contributed by atoms with Gasteiger partial charge in [0.1, 0.15) is 5.82 Å². The van der Waals surface area contributed by atoms with Crippen molar-refractivity contribution >= 4 is 22.6 Å². The molecule has 1 atom stereocenters. The molecule has 6 nitrogen and oxygen atoms in total. The highest BCUT2D eigenvalue weighted by molar-refractivity contribution is 5.91. The second-order valence-corrected chi connectivity index (χ2v) is 10.2. The van der Waals surface area contributed by atoms with Crippen LogP contribution in [-0.4, -0.2) is 27.0 Å². The molecule has 1 aromatic heterocycles. The maximum absolute atomic E-state index is 13.9. The predicted molar refractivity (Wildman–Crippen MR) is 156 cm³/mol. The summed E-state index contributed by atoms with van der Waals surface area (Å²) in [5, 5.41) is 3.71. The van der Waals surface area contributed by atoms with Gasteiger partial charge in [-0.3, -0.25) is 9.36 Å². The van der Waals surface area contributed by atoms with E-state index in [-0.39, 0.29) is 11.6 Å². The lowest BCUT2D eigenvalue weighted by Crippen LogP contribution is -2.40. The van der Waals surface area contributed by atoms with E-state index in [1.807, 2.05) is 93.3 Å². The number of benzene rings is 3. The Morgan fingerprint density at radius 3 is 2.32 bits per heavy atom. The van der Waals surface area contributed by atoms with Gasteiger partial charge in [-0.25, -0.2) is 9.78 Å². The molecule has 0 bridgehead atoms. The normalized spacial score (nSPS) is 11.9. The Bertz CT molecular complexity index is 1500. The fraction of sp³-hybridized carbons (Fsp3) is 0.344. The summed E-state index contributed by atoms with van der Waals surface area (Å²) in [5.41, 5.74) is 6.33. The molecule has 4 aromatic rings.